The first-order chi connectivity index (χ1) is 13.5. The summed E-state index contributed by atoms with van der Waals surface area (Å²) in [7, 11) is 0. The number of rotatable bonds is 12. The predicted molar refractivity (Wildman–Crippen MR) is 106 cm³/mol. The van der Waals surface area contributed by atoms with Gasteiger partial charge < -0.3 is 14.7 Å². The normalized spacial score (nSPS) is 21.6. The summed E-state index contributed by atoms with van der Waals surface area (Å²) < 4.78 is 4.90. The number of aliphatic hydroxyl groups excluding tert-OH is 1. The largest absolute Gasteiger partial charge is 0.466 e. The van der Waals surface area contributed by atoms with Crippen LogP contribution in [0.25, 0.3) is 0 Å². The van der Waals surface area contributed by atoms with Gasteiger partial charge in [0.15, 0.2) is 0 Å². The Morgan fingerprint density at radius 1 is 1.18 bits per heavy atom. The lowest BCUT2D eigenvalue weighted by atomic mass is 9.84. The second-order valence-corrected chi connectivity index (χ2v) is 8.02. The van der Waals surface area contributed by atoms with Gasteiger partial charge in [-0.15, -0.1) is 0 Å². The van der Waals surface area contributed by atoms with E-state index in [1.807, 2.05) is 0 Å². The van der Waals surface area contributed by atoms with E-state index >= 15 is 0 Å². The molecule has 2 fully saturated rings. The second-order valence-electron chi connectivity index (χ2n) is 8.02. The summed E-state index contributed by atoms with van der Waals surface area (Å²) in [5, 5.41) is 12.9. The van der Waals surface area contributed by atoms with Gasteiger partial charge in [-0.05, 0) is 44.9 Å². The first-order valence-corrected chi connectivity index (χ1v) is 11.0. The molecule has 1 heterocycles. The Balaban J connectivity index is 1.68. The topological polar surface area (TPSA) is 95.9 Å². The molecular weight excluding hydrogens is 360 g/mol. The molecule has 7 nitrogen and oxygen atoms in total. The minimum absolute atomic E-state index is 0.161. The van der Waals surface area contributed by atoms with Crippen molar-refractivity contribution >= 4 is 17.9 Å². The van der Waals surface area contributed by atoms with Crippen molar-refractivity contribution in [2.75, 3.05) is 13.2 Å². The number of hydrogen-bond acceptors (Lipinski definition) is 5. The van der Waals surface area contributed by atoms with Crippen LogP contribution in [0.3, 0.4) is 0 Å². The third kappa shape index (κ3) is 7.08. The van der Waals surface area contributed by atoms with Crippen LogP contribution in [-0.2, 0) is 14.3 Å². The van der Waals surface area contributed by atoms with Gasteiger partial charge in [0.25, 0.3) is 5.91 Å². The fourth-order valence-corrected chi connectivity index (χ4v) is 4.31. The van der Waals surface area contributed by atoms with E-state index in [2.05, 4.69) is 5.32 Å². The second kappa shape index (κ2) is 12.0. The molecule has 0 radical (unpaired) electrons. The smallest absolute Gasteiger partial charge is 0.324 e. The van der Waals surface area contributed by atoms with Crippen molar-refractivity contribution in [3.05, 3.63) is 0 Å². The van der Waals surface area contributed by atoms with Crippen LogP contribution < -0.4 is 5.32 Å². The van der Waals surface area contributed by atoms with Crippen molar-refractivity contribution in [2.24, 2.45) is 5.92 Å². The van der Waals surface area contributed by atoms with Crippen molar-refractivity contribution in [1.82, 2.24) is 10.2 Å². The van der Waals surface area contributed by atoms with Crippen LogP contribution in [0.5, 0.6) is 0 Å². The van der Waals surface area contributed by atoms with Gasteiger partial charge in [-0.3, -0.25) is 14.9 Å². The molecule has 0 bridgehead atoms. The molecule has 1 saturated heterocycles. The number of ether oxygens (including phenoxy) is 1. The van der Waals surface area contributed by atoms with E-state index in [1.54, 1.807) is 11.8 Å². The molecule has 1 aliphatic heterocycles. The van der Waals surface area contributed by atoms with E-state index in [4.69, 9.17) is 4.74 Å². The SMILES string of the molecule is CCOC(=O)CCCCCC[C@@H]1C(=O)NC(=O)N1CC[C@H](O)C1CCCCC1. The summed E-state index contributed by atoms with van der Waals surface area (Å²) in [5.74, 6) is -0.0670. The van der Waals surface area contributed by atoms with Gasteiger partial charge in [-0.1, -0.05) is 38.5 Å². The Labute approximate surface area is 168 Å². The Hall–Kier alpha value is -1.63. The van der Waals surface area contributed by atoms with Crippen LogP contribution in [0.2, 0.25) is 0 Å². The number of amides is 3. The Kier molecular flexibility index (Phi) is 9.75. The number of nitrogens with zero attached hydrogens (tertiary/aromatic N) is 1. The number of hydrogen-bond donors (Lipinski definition) is 2. The Morgan fingerprint density at radius 2 is 1.89 bits per heavy atom. The summed E-state index contributed by atoms with van der Waals surface area (Å²) in [5.41, 5.74) is 0. The van der Waals surface area contributed by atoms with Crippen LogP contribution in [0.4, 0.5) is 4.79 Å². The summed E-state index contributed by atoms with van der Waals surface area (Å²) in [6.45, 7) is 2.63. The van der Waals surface area contributed by atoms with Crippen LogP contribution in [0, 0.1) is 5.92 Å². The molecule has 2 aliphatic rings. The van der Waals surface area contributed by atoms with Crippen molar-refractivity contribution in [3.8, 4) is 0 Å². The average Bonchev–Trinajstić information content (AvgIpc) is 2.96. The molecule has 1 aliphatic carbocycles. The molecule has 160 valence electrons. The first-order valence-electron chi connectivity index (χ1n) is 11.0. The maximum atomic E-state index is 12.1. The van der Waals surface area contributed by atoms with Gasteiger partial charge in [-0.2, -0.15) is 0 Å². The van der Waals surface area contributed by atoms with Crippen LogP contribution in [0.15, 0.2) is 0 Å². The highest BCUT2D eigenvalue weighted by molar-refractivity contribution is 6.04. The molecule has 0 aromatic carbocycles. The number of nitrogens with one attached hydrogen (secondary N) is 1. The zero-order valence-electron chi connectivity index (χ0n) is 17.2. The number of imide groups is 1. The standard InChI is InChI=1S/C21H36N2O5/c1-2-28-19(25)13-9-4-3-8-12-17-20(26)22-21(27)23(17)15-14-18(24)16-10-6-5-7-11-16/h16-18,24H,2-15H2,1H3,(H,22,26,27)/t17-,18+/m1/s1. The van der Waals surface area contributed by atoms with E-state index in [9.17, 15) is 19.5 Å². The first kappa shape index (κ1) is 22.7. The van der Waals surface area contributed by atoms with E-state index in [-0.39, 0.29) is 17.9 Å². The summed E-state index contributed by atoms with van der Waals surface area (Å²) in [6, 6.07) is -0.774. The highest BCUT2D eigenvalue weighted by Gasteiger charge is 2.38. The van der Waals surface area contributed by atoms with Crippen molar-refractivity contribution in [3.63, 3.8) is 0 Å². The molecule has 2 atom stereocenters. The number of urea groups is 1. The number of carbonyl (C=O) groups is 3. The van der Waals surface area contributed by atoms with Crippen molar-refractivity contribution in [2.45, 2.75) is 96.1 Å². The molecule has 0 aromatic rings. The summed E-state index contributed by atoms with van der Waals surface area (Å²) >= 11 is 0. The van der Waals surface area contributed by atoms with Gasteiger partial charge in [0.05, 0.1) is 12.7 Å². The van der Waals surface area contributed by atoms with Gasteiger partial charge in [-0.25, -0.2) is 4.79 Å². The predicted octanol–water partition coefficient (Wildman–Crippen LogP) is 3.14. The van der Waals surface area contributed by atoms with Crippen LogP contribution in [0.1, 0.15) is 84.0 Å². The quantitative estimate of drug-likeness (QED) is 0.300. The fraction of sp³-hybridized carbons (Fsp3) is 0.857. The highest BCUT2D eigenvalue weighted by Crippen LogP contribution is 2.28. The van der Waals surface area contributed by atoms with Crippen molar-refractivity contribution < 1.29 is 24.2 Å². The zero-order valence-corrected chi connectivity index (χ0v) is 17.2. The summed E-state index contributed by atoms with van der Waals surface area (Å²) in [6.07, 6.45) is 10.3. The molecular formula is C21H36N2O5. The lowest BCUT2D eigenvalue weighted by Gasteiger charge is -2.29. The van der Waals surface area contributed by atoms with Gasteiger partial charge in [0, 0.05) is 13.0 Å². The molecule has 0 unspecified atom stereocenters. The maximum Gasteiger partial charge on any atom is 0.324 e. The minimum atomic E-state index is -0.434. The third-order valence-corrected chi connectivity index (χ3v) is 5.94. The zero-order chi connectivity index (χ0) is 20.4. The maximum absolute atomic E-state index is 12.1. The Bertz CT molecular complexity index is 519. The van der Waals surface area contributed by atoms with Gasteiger partial charge >= 0.3 is 12.0 Å². The molecule has 2 rings (SSSR count). The molecule has 28 heavy (non-hydrogen) atoms. The van der Waals surface area contributed by atoms with Crippen molar-refractivity contribution in [1.29, 1.82) is 0 Å². The number of esters is 1. The lowest BCUT2D eigenvalue weighted by Crippen LogP contribution is -2.38. The molecule has 0 spiro atoms. The number of aliphatic hydroxyl groups is 1. The molecule has 3 amide bonds. The molecule has 7 heteroatoms. The third-order valence-electron chi connectivity index (χ3n) is 5.94. The molecule has 2 N–H and O–H groups in total. The van der Waals surface area contributed by atoms with E-state index in [1.165, 1.54) is 19.3 Å². The van der Waals surface area contributed by atoms with Crippen LogP contribution in [-0.4, -0.2) is 53.2 Å². The number of unbranched alkanes of at least 4 members (excludes halogenated alkanes) is 3. The monoisotopic (exact) mass is 396 g/mol. The van der Waals surface area contributed by atoms with E-state index < -0.39 is 12.1 Å². The lowest BCUT2D eigenvalue weighted by molar-refractivity contribution is -0.143. The molecule has 1 saturated carbocycles. The Morgan fingerprint density at radius 3 is 2.61 bits per heavy atom. The van der Waals surface area contributed by atoms with E-state index in [0.29, 0.717) is 38.3 Å². The van der Waals surface area contributed by atoms with Crippen LogP contribution >= 0.6 is 0 Å². The minimum Gasteiger partial charge on any atom is -0.466 e. The number of carbonyl (C=O) groups excluding carboxylic acids is 3. The summed E-state index contributed by atoms with van der Waals surface area (Å²) in [4.78, 5) is 37.1. The van der Waals surface area contributed by atoms with Gasteiger partial charge in [0.1, 0.15) is 6.04 Å². The van der Waals surface area contributed by atoms with Gasteiger partial charge in [0.2, 0.25) is 0 Å². The van der Waals surface area contributed by atoms with E-state index in [0.717, 1.165) is 38.5 Å². The highest BCUT2D eigenvalue weighted by atomic mass is 16.5. The fourth-order valence-electron chi connectivity index (χ4n) is 4.31. The average molecular weight is 397 g/mol. The molecule has 0 aromatic heterocycles.